The number of hydrogen-bond acceptors (Lipinski definition) is 5. The highest BCUT2D eigenvalue weighted by Gasteiger charge is 2.60. The number of hydrogen-bond donors (Lipinski definition) is 0. The van der Waals surface area contributed by atoms with Crippen molar-refractivity contribution in [2.24, 2.45) is 5.92 Å². The molecule has 2 fully saturated rings. The fourth-order valence-electron chi connectivity index (χ4n) is 4.72. The molecule has 4 nitrogen and oxygen atoms in total. The summed E-state index contributed by atoms with van der Waals surface area (Å²) in [4.78, 5) is 2.43. The lowest BCUT2D eigenvalue weighted by atomic mass is 9.94. The molecule has 168 valence electrons. The van der Waals surface area contributed by atoms with Gasteiger partial charge in [0.15, 0.2) is 0 Å². The predicted molar refractivity (Wildman–Crippen MR) is 117 cm³/mol. The van der Waals surface area contributed by atoms with E-state index in [1.165, 1.54) is 17.7 Å². The maximum atomic E-state index is 12.8. The van der Waals surface area contributed by atoms with Gasteiger partial charge in [0.2, 0.25) is 5.89 Å². The largest absolute Gasteiger partial charge is 0.416 e. The van der Waals surface area contributed by atoms with E-state index in [0.29, 0.717) is 17.0 Å². The zero-order valence-electron chi connectivity index (χ0n) is 17.7. The minimum absolute atomic E-state index is 0.0483. The lowest BCUT2D eigenvalue weighted by Gasteiger charge is -2.21. The topological polar surface area (TPSA) is 42.2 Å². The number of benzene rings is 2. The van der Waals surface area contributed by atoms with Crippen molar-refractivity contribution in [3.8, 4) is 11.5 Å². The second-order valence-corrected chi connectivity index (χ2v) is 9.85. The van der Waals surface area contributed by atoms with Crippen LogP contribution >= 0.6 is 11.8 Å². The molecule has 0 amide bonds. The number of thioether (sulfide) groups is 1. The van der Waals surface area contributed by atoms with Gasteiger partial charge in [0, 0.05) is 29.8 Å². The summed E-state index contributed by atoms with van der Waals surface area (Å²) in [6, 6.07) is 13.8. The van der Waals surface area contributed by atoms with Gasteiger partial charge in [0.1, 0.15) is 0 Å². The van der Waals surface area contributed by atoms with Crippen LogP contribution in [0.5, 0.6) is 0 Å². The Hall–Kier alpha value is -2.32. The molecule has 1 saturated heterocycles. The number of piperidine rings is 1. The van der Waals surface area contributed by atoms with Crippen molar-refractivity contribution in [2.45, 2.75) is 36.6 Å². The van der Waals surface area contributed by atoms with Crippen LogP contribution < -0.4 is 0 Å². The lowest BCUT2D eigenvalue weighted by Crippen LogP contribution is -2.28. The standard InChI is InChI=1S/C24H24F3N3OS/c1-16-3-5-17(6-4-16)21-28-29-22(31-21)32-12-2-11-30-14-20-13-23(20,15-30)18-7-9-19(10-8-18)24(25,26)27/h3-10,20H,2,11-15H2,1H3/t20?,23-/m1/s1. The summed E-state index contributed by atoms with van der Waals surface area (Å²) in [5, 5.41) is 8.84. The molecular formula is C24H24F3N3OS. The molecule has 2 heterocycles. The van der Waals surface area contributed by atoms with Gasteiger partial charge in [0.25, 0.3) is 5.22 Å². The highest BCUT2D eigenvalue weighted by Crippen LogP contribution is 2.59. The molecule has 3 aromatic rings. The summed E-state index contributed by atoms with van der Waals surface area (Å²) >= 11 is 1.56. The SMILES string of the molecule is Cc1ccc(-c2nnc(SCCCN3CC4C[C@]4(c4ccc(C(F)(F)F)cc4)C3)o2)cc1. The molecule has 1 aliphatic carbocycles. The Kier molecular flexibility index (Phi) is 5.53. The van der Waals surface area contributed by atoms with E-state index < -0.39 is 11.7 Å². The maximum Gasteiger partial charge on any atom is 0.416 e. The van der Waals surface area contributed by atoms with Crippen molar-refractivity contribution < 1.29 is 17.6 Å². The Morgan fingerprint density at radius 3 is 2.56 bits per heavy atom. The van der Waals surface area contributed by atoms with Crippen molar-refractivity contribution in [2.75, 3.05) is 25.4 Å². The minimum atomic E-state index is -4.28. The Morgan fingerprint density at radius 2 is 1.84 bits per heavy atom. The van der Waals surface area contributed by atoms with Gasteiger partial charge in [-0.2, -0.15) is 13.2 Å². The number of halogens is 3. The molecular weight excluding hydrogens is 435 g/mol. The Labute approximate surface area is 189 Å². The molecule has 1 aromatic heterocycles. The molecule has 0 spiro atoms. The molecule has 0 bridgehead atoms. The average molecular weight is 460 g/mol. The monoisotopic (exact) mass is 459 g/mol. The van der Waals surface area contributed by atoms with E-state index in [9.17, 15) is 13.2 Å². The number of likely N-dealkylation sites (tertiary alicyclic amines) is 1. The van der Waals surface area contributed by atoms with Crippen LogP contribution in [0.2, 0.25) is 0 Å². The minimum Gasteiger partial charge on any atom is -0.411 e. The first-order chi connectivity index (χ1) is 15.3. The van der Waals surface area contributed by atoms with Crippen molar-refractivity contribution >= 4 is 11.8 Å². The van der Waals surface area contributed by atoms with Crippen LogP contribution in [0.25, 0.3) is 11.5 Å². The Bertz CT molecular complexity index is 1080. The van der Waals surface area contributed by atoms with E-state index in [1.807, 2.05) is 31.2 Å². The van der Waals surface area contributed by atoms with Crippen LogP contribution in [0.1, 0.15) is 29.5 Å². The van der Waals surface area contributed by atoms with E-state index in [-0.39, 0.29) is 5.41 Å². The van der Waals surface area contributed by atoms with Gasteiger partial charge >= 0.3 is 6.18 Å². The fourth-order valence-corrected chi connectivity index (χ4v) is 5.41. The van der Waals surface area contributed by atoms with Crippen LogP contribution in [0, 0.1) is 12.8 Å². The normalized spacial score (nSPS) is 22.8. The van der Waals surface area contributed by atoms with Gasteiger partial charge in [-0.25, -0.2) is 0 Å². The molecule has 0 radical (unpaired) electrons. The molecule has 8 heteroatoms. The number of aromatic nitrogens is 2. The molecule has 1 unspecified atom stereocenters. The summed E-state index contributed by atoms with van der Waals surface area (Å²) in [6.45, 7) is 4.94. The second kappa shape index (κ2) is 8.23. The van der Waals surface area contributed by atoms with Crippen LogP contribution in [-0.2, 0) is 11.6 Å². The van der Waals surface area contributed by atoms with Crippen LogP contribution in [-0.4, -0.2) is 40.5 Å². The Morgan fingerprint density at radius 1 is 1.09 bits per heavy atom. The van der Waals surface area contributed by atoms with Gasteiger partial charge in [-0.15, -0.1) is 10.2 Å². The first-order valence-corrected chi connectivity index (χ1v) is 11.8. The summed E-state index contributed by atoms with van der Waals surface area (Å²) in [5.74, 6) is 1.97. The third kappa shape index (κ3) is 4.30. The van der Waals surface area contributed by atoms with E-state index in [0.717, 1.165) is 49.4 Å². The molecule has 0 N–H and O–H groups in total. The van der Waals surface area contributed by atoms with Crippen molar-refractivity contribution in [1.29, 1.82) is 0 Å². The molecule has 2 aliphatic rings. The zero-order valence-corrected chi connectivity index (χ0v) is 18.5. The van der Waals surface area contributed by atoms with Crippen LogP contribution in [0.15, 0.2) is 58.2 Å². The number of fused-ring (bicyclic) bond motifs is 1. The smallest absolute Gasteiger partial charge is 0.411 e. The second-order valence-electron chi connectivity index (χ2n) is 8.81. The first kappa shape index (κ1) is 21.5. The van der Waals surface area contributed by atoms with Crippen molar-refractivity contribution in [3.05, 3.63) is 65.2 Å². The fraction of sp³-hybridized carbons (Fsp3) is 0.417. The average Bonchev–Trinajstić information content (AvgIpc) is 3.11. The molecule has 5 rings (SSSR count). The third-order valence-corrected chi connectivity index (χ3v) is 7.46. The van der Waals surface area contributed by atoms with Crippen molar-refractivity contribution in [3.63, 3.8) is 0 Å². The van der Waals surface area contributed by atoms with E-state index >= 15 is 0 Å². The van der Waals surface area contributed by atoms with Crippen LogP contribution in [0.4, 0.5) is 13.2 Å². The molecule has 1 saturated carbocycles. The molecule has 1 aliphatic heterocycles. The maximum absolute atomic E-state index is 12.8. The molecule has 32 heavy (non-hydrogen) atoms. The quantitative estimate of drug-likeness (QED) is 0.329. The summed E-state index contributed by atoms with van der Waals surface area (Å²) in [7, 11) is 0. The van der Waals surface area contributed by atoms with E-state index in [1.54, 1.807) is 23.9 Å². The van der Waals surface area contributed by atoms with E-state index in [2.05, 4.69) is 15.1 Å². The van der Waals surface area contributed by atoms with Gasteiger partial charge in [0.05, 0.1) is 5.56 Å². The number of nitrogens with zero attached hydrogens (tertiary/aromatic N) is 3. The van der Waals surface area contributed by atoms with E-state index in [4.69, 9.17) is 4.42 Å². The van der Waals surface area contributed by atoms with Gasteiger partial charge in [-0.1, -0.05) is 41.6 Å². The third-order valence-electron chi connectivity index (χ3n) is 6.55. The number of alkyl halides is 3. The van der Waals surface area contributed by atoms with Crippen molar-refractivity contribution in [1.82, 2.24) is 15.1 Å². The number of aryl methyl sites for hydroxylation is 1. The number of rotatable bonds is 7. The molecule has 2 atom stereocenters. The summed E-state index contributed by atoms with van der Waals surface area (Å²) in [5.41, 5.74) is 2.62. The Balaban J connectivity index is 1.09. The highest BCUT2D eigenvalue weighted by atomic mass is 32.2. The van der Waals surface area contributed by atoms with Crippen LogP contribution in [0.3, 0.4) is 0 Å². The zero-order chi connectivity index (χ0) is 22.3. The van der Waals surface area contributed by atoms with Gasteiger partial charge in [-0.3, -0.25) is 0 Å². The van der Waals surface area contributed by atoms with Gasteiger partial charge < -0.3 is 9.32 Å². The first-order valence-electron chi connectivity index (χ1n) is 10.8. The predicted octanol–water partition coefficient (Wildman–Crippen LogP) is 5.82. The highest BCUT2D eigenvalue weighted by molar-refractivity contribution is 7.99. The lowest BCUT2D eigenvalue weighted by molar-refractivity contribution is -0.137. The summed E-state index contributed by atoms with van der Waals surface area (Å²) < 4.78 is 44.3. The summed E-state index contributed by atoms with van der Waals surface area (Å²) in [6.07, 6.45) is -2.21. The van der Waals surface area contributed by atoms with Gasteiger partial charge in [-0.05, 0) is 62.1 Å². The molecule has 2 aromatic carbocycles.